The maximum atomic E-state index is 11.8. The molecule has 1 fully saturated rings. The summed E-state index contributed by atoms with van der Waals surface area (Å²) in [4.78, 5) is 16.8. The lowest BCUT2D eigenvalue weighted by Crippen LogP contribution is -2.16. The second-order valence-corrected chi connectivity index (χ2v) is 5.91. The number of fused-ring (bicyclic) bond motifs is 1. The van der Waals surface area contributed by atoms with E-state index < -0.39 is 0 Å². The normalized spacial score (nSPS) is 16.4. The quantitative estimate of drug-likeness (QED) is 0.832. The second kappa shape index (κ2) is 4.52. The van der Waals surface area contributed by atoms with Crippen molar-refractivity contribution in [1.82, 2.24) is 4.57 Å². The number of hydrogen-bond donors (Lipinski definition) is 0. The summed E-state index contributed by atoms with van der Waals surface area (Å²) in [5.74, 6) is 0.193. The molecule has 5 heteroatoms. The van der Waals surface area contributed by atoms with Crippen LogP contribution in [0, 0.1) is 5.92 Å². The summed E-state index contributed by atoms with van der Waals surface area (Å²) in [5, 5.41) is 0.715. The van der Waals surface area contributed by atoms with Gasteiger partial charge in [-0.2, -0.15) is 4.99 Å². The van der Waals surface area contributed by atoms with Gasteiger partial charge in [0.15, 0.2) is 4.80 Å². The predicted molar refractivity (Wildman–Crippen MR) is 73.8 cm³/mol. The lowest BCUT2D eigenvalue weighted by molar-refractivity contribution is -0.119. The van der Waals surface area contributed by atoms with Gasteiger partial charge in [0.1, 0.15) is 0 Å². The fraction of sp³-hybridized carbons (Fsp3) is 0.385. The maximum absolute atomic E-state index is 11.8. The zero-order valence-corrected chi connectivity index (χ0v) is 11.6. The largest absolute Gasteiger partial charge is 0.317 e. The molecule has 0 atom stereocenters. The van der Waals surface area contributed by atoms with Crippen LogP contribution in [0.3, 0.4) is 0 Å². The topological polar surface area (TPSA) is 34.4 Å². The van der Waals surface area contributed by atoms with Crippen LogP contribution in [0.25, 0.3) is 10.2 Å². The summed E-state index contributed by atoms with van der Waals surface area (Å²) < 4.78 is 3.14. The number of carbonyl (C=O) groups excluding carboxylic acids is 1. The molecule has 94 valence electrons. The van der Waals surface area contributed by atoms with E-state index >= 15 is 0 Å². The van der Waals surface area contributed by atoms with Gasteiger partial charge in [-0.1, -0.05) is 22.9 Å². The van der Waals surface area contributed by atoms with Gasteiger partial charge in [-0.25, -0.2) is 0 Å². The van der Waals surface area contributed by atoms with Gasteiger partial charge in [-0.05, 0) is 38.0 Å². The van der Waals surface area contributed by atoms with E-state index in [1.807, 2.05) is 18.2 Å². The molecule has 0 spiro atoms. The number of thiazole rings is 1. The Morgan fingerprint density at radius 1 is 1.56 bits per heavy atom. The molecule has 0 aliphatic heterocycles. The summed E-state index contributed by atoms with van der Waals surface area (Å²) in [6.45, 7) is 2.86. The first-order chi connectivity index (χ1) is 8.69. The van der Waals surface area contributed by atoms with E-state index in [-0.39, 0.29) is 11.8 Å². The standard InChI is InChI=1S/C13H13ClN2OS/c1-2-16-10-6-5-9(14)7-11(10)18-13(16)15-12(17)8-3-4-8/h5-8H,2-4H2,1H3. The summed E-state index contributed by atoms with van der Waals surface area (Å²) in [6.07, 6.45) is 1.98. The summed E-state index contributed by atoms with van der Waals surface area (Å²) in [6, 6.07) is 5.78. The molecule has 1 heterocycles. The number of aryl methyl sites for hydroxylation is 1. The second-order valence-electron chi connectivity index (χ2n) is 4.47. The molecule has 1 saturated carbocycles. The van der Waals surface area contributed by atoms with Gasteiger partial charge in [0.2, 0.25) is 0 Å². The summed E-state index contributed by atoms with van der Waals surface area (Å²) >= 11 is 7.52. The molecule has 0 saturated heterocycles. The van der Waals surface area contributed by atoms with Crippen molar-refractivity contribution < 1.29 is 4.79 Å². The van der Waals surface area contributed by atoms with Gasteiger partial charge >= 0.3 is 0 Å². The number of rotatable bonds is 2. The summed E-state index contributed by atoms with van der Waals surface area (Å²) in [7, 11) is 0. The average Bonchev–Trinajstić information content (AvgIpc) is 3.12. The van der Waals surface area contributed by atoms with E-state index in [1.165, 1.54) is 11.3 Å². The van der Waals surface area contributed by atoms with Crippen molar-refractivity contribution in [3.63, 3.8) is 0 Å². The number of halogens is 1. The van der Waals surface area contributed by atoms with E-state index in [9.17, 15) is 4.79 Å². The van der Waals surface area contributed by atoms with Crippen LogP contribution in [0.1, 0.15) is 19.8 Å². The predicted octanol–water partition coefficient (Wildman–Crippen LogP) is 3.21. The highest BCUT2D eigenvalue weighted by Crippen LogP contribution is 2.30. The van der Waals surface area contributed by atoms with Crippen LogP contribution in [-0.2, 0) is 11.3 Å². The molecule has 0 unspecified atom stereocenters. The SMILES string of the molecule is CCn1c(=NC(=O)C2CC2)sc2cc(Cl)ccc21. The Labute approximate surface area is 114 Å². The minimum atomic E-state index is 0.0230. The van der Waals surface area contributed by atoms with E-state index in [1.54, 1.807) is 0 Å². The number of carbonyl (C=O) groups is 1. The first-order valence-electron chi connectivity index (χ1n) is 6.06. The van der Waals surface area contributed by atoms with Gasteiger partial charge < -0.3 is 4.57 Å². The van der Waals surface area contributed by atoms with Gasteiger partial charge in [-0.15, -0.1) is 0 Å². The molecule has 1 aliphatic rings. The molecule has 1 aromatic heterocycles. The van der Waals surface area contributed by atoms with Crippen LogP contribution < -0.4 is 4.80 Å². The third-order valence-corrected chi connectivity index (χ3v) is 4.37. The molecule has 0 N–H and O–H groups in total. The number of nitrogens with zero attached hydrogens (tertiary/aromatic N) is 2. The van der Waals surface area contributed by atoms with Crippen LogP contribution in [0.15, 0.2) is 23.2 Å². The van der Waals surface area contributed by atoms with Crippen molar-refractivity contribution in [2.75, 3.05) is 0 Å². The van der Waals surface area contributed by atoms with Crippen molar-refractivity contribution >= 4 is 39.1 Å². The van der Waals surface area contributed by atoms with Crippen LogP contribution in [-0.4, -0.2) is 10.5 Å². The monoisotopic (exact) mass is 280 g/mol. The lowest BCUT2D eigenvalue weighted by Gasteiger charge is -1.99. The van der Waals surface area contributed by atoms with Crippen LogP contribution in [0.5, 0.6) is 0 Å². The first kappa shape index (κ1) is 11.9. The Bertz CT molecular complexity index is 682. The molecule has 0 radical (unpaired) electrons. The van der Waals surface area contributed by atoms with Gasteiger partial charge in [0.25, 0.3) is 5.91 Å². The molecule has 3 nitrogen and oxygen atoms in total. The van der Waals surface area contributed by atoms with Crippen molar-refractivity contribution in [2.24, 2.45) is 10.9 Å². The minimum Gasteiger partial charge on any atom is -0.317 e. The minimum absolute atomic E-state index is 0.0230. The van der Waals surface area contributed by atoms with Gasteiger partial charge in [0, 0.05) is 17.5 Å². The number of amides is 1. The van der Waals surface area contributed by atoms with E-state index in [4.69, 9.17) is 11.6 Å². The highest BCUT2D eigenvalue weighted by atomic mass is 35.5. The zero-order chi connectivity index (χ0) is 12.7. The van der Waals surface area contributed by atoms with E-state index in [0.29, 0.717) is 5.02 Å². The zero-order valence-electron chi connectivity index (χ0n) is 10.0. The molecule has 1 aliphatic carbocycles. The van der Waals surface area contributed by atoms with Crippen molar-refractivity contribution in [3.05, 3.63) is 28.0 Å². The van der Waals surface area contributed by atoms with Crippen LogP contribution in [0.4, 0.5) is 0 Å². The fourth-order valence-corrected chi connectivity index (χ4v) is 3.33. The molecule has 1 amide bonds. The third kappa shape index (κ3) is 2.10. The van der Waals surface area contributed by atoms with Crippen LogP contribution >= 0.6 is 22.9 Å². The molecule has 2 aromatic rings. The number of aromatic nitrogens is 1. The Kier molecular flexibility index (Phi) is 2.99. The van der Waals surface area contributed by atoms with E-state index in [0.717, 1.165) is 34.4 Å². The molecule has 3 rings (SSSR count). The van der Waals surface area contributed by atoms with Gasteiger partial charge in [0.05, 0.1) is 10.2 Å². The first-order valence-corrected chi connectivity index (χ1v) is 7.26. The molecule has 18 heavy (non-hydrogen) atoms. The Hall–Kier alpha value is -1.13. The highest BCUT2D eigenvalue weighted by molar-refractivity contribution is 7.16. The Balaban J connectivity index is 2.18. The van der Waals surface area contributed by atoms with Gasteiger partial charge in [-0.3, -0.25) is 4.79 Å². The molecule has 0 bridgehead atoms. The van der Waals surface area contributed by atoms with Crippen molar-refractivity contribution in [3.8, 4) is 0 Å². The third-order valence-electron chi connectivity index (χ3n) is 3.09. The number of benzene rings is 1. The molecular formula is C13H13ClN2OS. The van der Waals surface area contributed by atoms with Crippen molar-refractivity contribution in [2.45, 2.75) is 26.3 Å². The Morgan fingerprint density at radius 3 is 3.00 bits per heavy atom. The fourth-order valence-electron chi connectivity index (χ4n) is 1.95. The maximum Gasteiger partial charge on any atom is 0.251 e. The van der Waals surface area contributed by atoms with Crippen LogP contribution in [0.2, 0.25) is 5.02 Å². The molecule has 1 aromatic carbocycles. The Morgan fingerprint density at radius 2 is 2.33 bits per heavy atom. The van der Waals surface area contributed by atoms with E-state index in [2.05, 4.69) is 16.5 Å². The van der Waals surface area contributed by atoms with Crippen molar-refractivity contribution in [1.29, 1.82) is 0 Å². The number of hydrogen-bond acceptors (Lipinski definition) is 2. The lowest BCUT2D eigenvalue weighted by atomic mass is 10.3. The molecular weight excluding hydrogens is 268 g/mol. The highest BCUT2D eigenvalue weighted by Gasteiger charge is 2.29. The summed E-state index contributed by atoms with van der Waals surface area (Å²) in [5.41, 5.74) is 1.09. The smallest absolute Gasteiger partial charge is 0.251 e. The average molecular weight is 281 g/mol.